The Bertz CT molecular complexity index is 492. The van der Waals surface area contributed by atoms with Crippen molar-refractivity contribution in [2.24, 2.45) is 0 Å². The SMILES string of the molecule is OC(C#Cc1ccsc1)C#Cc1ccsc1. The molecule has 0 aliphatic carbocycles. The molecule has 0 unspecified atom stereocenters. The van der Waals surface area contributed by atoms with Crippen LogP contribution in [0, 0.1) is 23.7 Å². The molecule has 0 spiro atoms. The summed E-state index contributed by atoms with van der Waals surface area (Å²) < 4.78 is 0. The number of aliphatic hydroxyl groups excluding tert-OH is 1. The molecule has 2 aromatic heterocycles. The van der Waals surface area contributed by atoms with Gasteiger partial charge in [-0.3, -0.25) is 0 Å². The predicted octanol–water partition coefficient (Wildman–Crippen LogP) is 2.57. The molecule has 0 bridgehead atoms. The van der Waals surface area contributed by atoms with E-state index in [-0.39, 0.29) is 0 Å². The molecule has 0 atom stereocenters. The summed E-state index contributed by atoms with van der Waals surface area (Å²) in [5.41, 5.74) is 1.84. The molecule has 1 nitrogen and oxygen atoms in total. The van der Waals surface area contributed by atoms with Crippen molar-refractivity contribution >= 4 is 22.7 Å². The Morgan fingerprint density at radius 3 is 1.81 bits per heavy atom. The van der Waals surface area contributed by atoms with Crippen LogP contribution in [0.15, 0.2) is 33.7 Å². The van der Waals surface area contributed by atoms with E-state index in [4.69, 9.17) is 0 Å². The Hall–Kier alpha value is -1.52. The second-order valence-corrected chi connectivity index (χ2v) is 4.53. The second kappa shape index (κ2) is 5.53. The minimum absolute atomic E-state index is 0.889. The van der Waals surface area contributed by atoms with E-state index in [0.29, 0.717) is 0 Å². The lowest BCUT2D eigenvalue weighted by Crippen LogP contribution is -1.97. The fraction of sp³-hybridized carbons (Fsp3) is 0.0769. The lowest BCUT2D eigenvalue weighted by molar-refractivity contribution is 0.289. The Balaban J connectivity index is 2.01. The first-order valence-electron chi connectivity index (χ1n) is 4.60. The predicted molar refractivity (Wildman–Crippen MR) is 68.4 cm³/mol. The standard InChI is InChI=1S/C13H8OS2/c14-13(3-1-11-5-7-15-9-11)4-2-12-6-8-16-10-12/h5-10,13-14H. The van der Waals surface area contributed by atoms with Crippen LogP contribution >= 0.6 is 22.7 Å². The first kappa shape index (κ1) is 11.0. The zero-order chi connectivity index (χ0) is 11.2. The van der Waals surface area contributed by atoms with Gasteiger partial charge in [-0.25, -0.2) is 0 Å². The van der Waals surface area contributed by atoms with Crippen LogP contribution in [0.3, 0.4) is 0 Å². The highest BCUT2D eigenvalue weighted by atomic mass is 32.1. The van der Waals surface area contributed by atoms with Gasteiger partial charge in [-0.15, -0.1) is 0 Å². The van der Waals surface area contributed by atoms with E-state index >= 15 is 0 Å². The number of hydrogen-bond acceptors (Lipinski definition) is 3. The van der Waals surface area contributed by atoms with Gasteiger partial charge < -0.3 is 5.11 Å². The molecule has 2 heterocycles. The third-order valence-electron chi connectivity index (χ3n) is 1.75. The maximum atomic E-state index is 9.51. The van der Waals surface area contributed by atoms with Gasteiger partial charge in [-0.1, -0.05) is 23.7 Å². The number of aliphatic hydroxyl groups is 1. The summed E-state index contributed by atoms with van der Waals surface area (Å²) in [5.74, 6) is 11.1. The van der Waals surface area contributed by atoms with Crippen molar-refractivity contribution in [3.63, 3.8) is 0 Å². The van der Waals surface area contributed by atoms with E-state index in [9.17, 15) is 5.11 Å². The third-order valence-corrected chi connectivity index (χ3v) is 3.12. The van der Waals surface area contributed by atoms with Gasteiger partial charge >= 0.3 is 0 Å². The molecule has 0 aliphatic heterocycles. The number of rotatable bonds is 0. The highest BCUT2D eigenvalue weighted by Crippen LogP contribution is 2.04. The van der Waals surface area contributed by atoms with Gasteiger partial charge in [0.15, 0.2) is 6.10 Å². The van der Waals surface area contributed by atoms with Crippen molar-refractivity contribution in [1.29, 1.82) is 0 Å². The summed E-state index contributed by atoms with van der Waals surface area (Å²) in [6.07, 6.45) is -0.889. The van der Waals surface area contributed by atoms with Gasteiger partial charge in [0.25, 0.3) is 0 Å². The van der Waals surface area contributed by atoms with Gasteiger partial charge in [0, 0.05) is 21.9 Å². The van der Waals surface area contributed by atoms with Crippen molar-refractivity contribution < 1.29 is 5.11 Å². The lowest BCUT2D eigenvalue weighted by Gasteiger charge is -1.87. The summed E-state index contributed by atoms with van der Waals surface area (Å²) in [6.45, 7) is 0. The molecule has 0 fully saturated rings. The minimum Gasteiger partial charge on any atom is -0.369 e. The first-order valence-corrected chi connectivity index (χ1v) is 6.49. The smallest absolute Gasteiger partial charge is 0.177 e. The zero-order valence-corrected chi connectivity index (χ0v) is 9.94. The molecule has 1 N–H and O–H groups in total. The lowest BCUT2D eigenvalue weighted by atomic mass is 10.2. The second-order valence-electron chi connectivity index (χ2n) is 2.97. The van der Waals surface area contributed by atoms with Crippen molar-refractivity contribution in [1.82, 2.24) is 0 Å². The minimum atomic E-state index is -0.889. The molecule has 0 aromatic carbocycles. The van der Waals surface area contributed by atoms with Crippen LogP contribution < -0.4 is 0 Å². The van der Waals surface area contributed by atoms with E-state index < -0.39 is 6.10 Å². The van der Waals surface area contributed by atoms with Gasteiger partial charge in [-0.05, 0) is 22.9 Å². The summed E-state index contributed by atoms with van der Waals surface area (Å²) in [7, 11) is 0. The molecule has 0 saturated carbocycles. The van der Waals surface area contributed by atoms with Gasteiger partial charge in [0.1, 0.15) is 0 Å². The molecule has 16 heavy (non-hydrogen) atoms. The van der Waals surface area contributed by atoms with Crippen LogP contribution in [0.4, 0.5) is 0 Å². The highest BCUT2D eigenvalue weighted by molar-refractivity contribution is 7.08. The Kier molecular flexibility index (Phi) is 3.80. The Labute approximate surface area is 102 Å². The van der Waals surface area contributed by atoms with E-state index in [1.54, 1.807) is 22.7 Å². The van der Waals surface area contributed by atoms with E-state index in [1.165, 1.54) is 0 Å². The van der Waals surface area contributed by atoms with E-state index in [0.717, 1.165) is 11.1 Å². The fourth-order valence-electron chi connectivity index (χ4n) is 1.01. The summed E-state index contributed by atoms with van der Waals surface area (Å²) in [5, 5.41) is 17.3. The number of hydrogen-bond donors (Lipinski definition) is 1. The maximum Gasteiger partial charge on any atom is 0.177 e. The van der Waals surface area contributed by atoms with Crippen LogP contribution in [0.5, 0.6) is 0 Å². The monoisotopic (exact) mass is 244 g/mol. The van der Waals surface area contributed by atoms with Crippen molar-refractivity contribution in [2.75, 3.05) is 0 Å². The molecule has 0 radical (unpaired) electrons. The normalized spacial score (nSPS) is 9.12. The topological polar surface area (TPSA) is 20.2 Å². The van der Waals surface area contributed by atoms with E-state index in [1.807, 2.05) is 33.7 Å². The molecule has 0 aliphatic rings. The van der Waals surface area contributed by atoms with Crippen molar-refractivity contribution in [2.45, 2.75) is 6.10 Å². The molecule has 0 amide bonds. The number of thiophene rings is 2. The Morgan fingerprint density at radius 2 is 1.44 bits per heavy atom. The first-order chi connectivity index (χ1) is 7.84. The van der Waals surface area contributed by atoms with Crippen LogP contribution in [0.25, 0.3) is 0 Å². The molecule has 78 valence electrons. The molecular weight excluding hydrogens is 236 g/mol. The average molecular weight is 244 g/mol. The zero-order valence-electron chi connectivity index (χ0n) is 8.31. The van der Waals surface area contributed by atoms with Gasteiger partial charge in [0.2, 0.25) is 0 Å². The summed E-state index contributed by atoms with van der Waals surface area (Å²) in [6, 6.07) is 3.83. The molecular formula is C13H8OS2. The van der Waals surface area contributed by atoms with Crippen LogP contribution in [0.1, 0.15) is 11.1 Å². The largest absolute Gasteiger partial charge is 0.369 e. The molecule has 0 saturated heterocycles. The summed E-state index contributed by atoms with van der Waals surface area (Å²) in [4.78, 5) is 0. The quantitative estimate of drug-likeness (QED) is 0.706. The Morgan fingerprint density at radius 1 is 0.938 bits per heavy atom. The molecule has 2 aromatic rings. The van der Waals surface area contributed by atoms with E-state index in [2.05, 4.69) is 23.7 Å². The van der Waals surface area contributed by atoms with Crippen LogP contribution in [0.2, 0.25) is 0 Å². The van der Waals surface area contributed by atoms with Crippen molar-refractivity contribution in [3.05, 3.63) is 44.8 Å². The highest BCUT2D eigenvalue weighted by Gasteiger charge is 1.91. The van der Waals surface area contributed by atoms with Crippen LogP contribution in [-0.4, -0.2) is 11.2 Å². The third kappa shape index (κ3) is 3.25. The van der Waals surface area contributed by atoms with Gasteiger partial charge in [-0.2, -0.15) is 22.7 Å². The maximum absolute atomic E-state index is 9.51. The fourth-order valence-corrected chi connectivity index (χ4v) is 2.19. The van der Waals surface area contributed by atoms with Crippen LogP contribution in [-0.2, 0) is 0 Å². The van der Waals surface area contributed by atoms with Crippen molar-refractivity contribution in [3.8, 4) is 23.7 Å². The molecule has 2 rings (SSSR count). The molecule has 3 heteroatoms. The van der Waals surface area contributed by atoms with Gasteiger partial charge in [0.05, 0.1) is 0 Å². The average Bonchev–Trinajstić information content (AvgIpc) is 2.96. The summed E-state index contributed by atoms with van der Waals surface area (Å²) >= 11 is 3.17.